The molecule has 2 heterocycles. The van der Waals surface area contributed by atoms with Gasteiger partial charge in [-0.2, -0.15) is 0 Å². The van der Waals surface area contributed by atoms with Gasteiger partial charge >= 0.3 is 0 Å². The van der Waals surface area contributed by atoms with Gasteiger partial charge in [0.2, 0.25) is 15.9 Å². The van der Waals surface area contributed by atoms with E-state index in [1.54, 1.807) is 30.3 Å². The second kappa shape index (κ2) is 8.58. The molecule has 10 heteroatoms. The number of hydrogen-bond donors (Lipinski definition) is 1. The number of imide groups is 1. The summed E-state index contributed by atoms with van der Waals surface area (Å²) in [6.07, 6.45) is 1.28. The third kappa shape index (κ3) is 5.24. The summed E-state index contributed by atoms with van der Waals surface area (Å²) in [5.74, 6) is -1.31. The van der Waals surface area contributed by atoms with Crippen molar-refractivity contribution in [3.05, 3.63) is 52.1 Å². The molecule has 166 valence electrons. The number of carbonyl (C=O) groups excluding carboxylic acids is 2. The number of carbonyl (C=O) groups is 2. The highest BCUT2D eigenvalue weighted by Gasteiger charge is 2.35. The van der Waals surface area contributed by atoms with Crippen molar-refractivity contribution < 1.29 is 22.7 Å². The highest BCUT2D eigenvalue weighted by atomic mass is 79.9. The highest BCUT2D eigenvalue weighted by molar-refractivity contribution is 9.10. The summed E-state index contributed by atoms with van der Waals surface area (Å²) in [5, 5.41) is 0. The molecule has 1 N–H and O–H groups in total. The molecule has 1 unspecified atom stereocenters. The van der Waals surface area contributed by atoms with Gasteiger partial charge in [-0.25, -0.2) is 13.4 Å². The summed E-state index contributed by atoms with van der Waals surface area (Å²) in [5.41, 5.74) is 0.547. The van der Waals surface area contributed by atoms with Crippen LogP contribution in [0.5, 0.6) is 5.88 Å². The first-order valence-corrected chi connectivity index (χ1v) is 12.1. The Morgan fingerprint density at radius 2 is 1.74 bits per heavy atom. The van der Waals surface area contributed by atoms with Gasteiger partial charge in [-0.1, -0.05) is 32.9 Å². The van der Waals surface area contributed by atoms with E-state index in [-0.39, 0.29) is 40.8 Å². The molecule has 8 nitrogen and oxygen atoms in total. The standard InChI is InChI=1S/C21H24BrN3O5S/c1-13(21(2,3)4)30-18-17(11-14(22)12-23-18)24-31(28,29)10-9-25-19(26)15-7-5-6-8-16(15)20(25)27/h5-8,11-13,24H,9-10H2,1-4H3. The Labute approximate surface area is 190 Å². The van der Waals surface area contributed by atoms with E-state index in [4.69, 9.17) is 4.74 Å². The van der Waals surface area contributed by atoms with Gasteiger partial charge in [-0.15, -0.1) is 0 Å². The second-order valence-electron chi connectivity index (χ2n) is 8.36. The normalized spacial score (nSPS) is 15.1. The number of sulfonamides is 1. The molecule has 0 fully saturated rings. The lowest BCUT2D eigenvalue weighted by Crippen LogP contribution is -2.35. The predicted molar refractivity (Wildman–Crippen MR) is 121 cm³/mol. The van der Waals surface area contributed by atoms with Gasteiger partial charge in [0, 0.05) is 17.2 Å². The average molecular weight is 510 g/mol. The van der Waals surface area contributed by atoms with Crippen LogP contribution in [0.4, 0.5) is 5.69 Å². The zero-order valence-corrected chi connectivity index (χ0v) is 20.1. The minimum absolute atomic E-state index is 0.148. The lowest BCUT2D eigenvalue weighted by atomic mass is 9.90. The molecule has 0 radical (unpaired) electrons. The van der Waals surface area contributed by atoms with Crippen molar-refractivity contribution in [3.8, 4) is 5.88 Å². The molecule has 1 aliphatic heterocycles. The molecule has 1 atom stereocenters. The summed E-state index contributed by atoms with van der Waals surface area (Å²) >= 11 is 3.28. The fraction of sp³-hybridized carbons (Fsp3) is 0.381. The van der Waals surface area contributed by atoms with Crippen molar-refractivity contribution in [2.45, 2.75) is 33.8 Å². The van der Waals surface area contributed by atoms with Crippen LogP contribution in [0, 0.1) is 5.41 Å². The van der Waals surface area contributed by atoms with E-state index >= 15 is 0 Å². The third-order valence-electron chi connectivity index (χ3n) is 5.05. The summed E-state index contributed by atoms with van der Waals surface area (Å²) in [4.78, 5) is 30.0. The molecule has 0 saturated heterocycles. The topological polar surface area (TPSA) is 106 Å². The van der Waals surface area contributed by atoms with E-state index in [0.717, 1.165) is 4.90 Å². The van der Waals surface area contributed by atoms with Crippen LogP contribution in [-0.4, -0.2) is 48.5 Å². The van der Waals surface area contributed by atoms with E-state index in [2.05, 4.69) is 25.6 Å². The van der Waals surface area contributed by atoms with E-state index in [0.29, 0.717) is 4.47 Å². The van der Waals surface area contributed by atoms with Gasteiger partial charge in [-0.05, 0) is 46.5 Å². The molecule has 1 aromatic carbocycles. The van der Waals surface area contributed by atoms with E-state index < -0.39 is 27.6 Å². The first kappa shape index (κ1) is 23.2. The smallest absolute Gasteiger partial charge is 0.261 e. The molecule has 3 rings (SSSR count). The minimum atomic E-state index is -3.90. The van der Waals surface area contributed by atoms with Crippen LogP contribution >= 0.6 is 15.9 Å². The van der Waals surface area contributed by atoms with Crippen LogP contribution in [0.1, 0.15) is 48.4 Å². The van der Waals surface area contributed by atoms with Gasteiger partial charge < -0.3 is 4.74 Å². The van der Waals surface area contributed by atoms with E-state index in [1.165, 1.54) is 6.20 Å². The van der Waals surface area contributed by atoms with E-state index in [1.807, 2.05) is 27.7 Å². The Morgan fingerprint density at radius 3 is 2.29 bits per heavy atom. The maximum Gasteiger partial charge on any atom is 0.261 e. The zero-order valence-electron chi connectivity index (χ0n) is 17.7. The number of halogens is 1. The van der Waals surface area contributed by atoms with Crippen LogP contribution in [0.3, 0.4) is 0 Å². The molecule has 1 aromatic heterocycles. The molecule has 0 aliphatic carbocycles. The maximum atomic E-state index is 12.7. The molecule has 0 bridgehead atoms. The van der Waals surface area contributed by atoms with E-state index in [9.17, 15) is 18.0 Å². The number of pyridine rings is 1. The van der Waals surface area contributed by atoms with Gasteiger partial charge in [-0.3, -0.25) is 19.2 Å². The molecule has 1 aliphatic rings. The first-order chi connectivity index (χ1) is 14.4. The molecule has 2 amide bonds. The van der Waals surface area contributed by atoms with Crippen molar-refractivity contribution in [3.63, 3.8) is 0 Å². The average Bonchev–Trinajstić information content (AvgIpc) is 2.92. The Kier molecular flexibility index (Phi) is 6.43. The molecule has 2 aromatic rings. The summed E-state index contributed by atoms with van der Waals surface area (Å²) in [6.45, 7) is 7.62. The number of benzene rings is 1. The number of amides is 2. The van der Waals surface area contributed by atoms with Crippen molar-refractivity contribution in [2.24, 2.45) is 5.41 Å². The number of nitrogens with zero attached hydrogens (tertiary/aromatic N) is 2. The maximum absolute atomic E-state index is 12.7. The largest absolute Gasteiger partial charge is 0.473 e. The monoisotopic (exact) mass is 509 g/mol. The van der Waals surface area contributed by atoms with Crippen molar-refractivity contribution >= 4 is 43.5 Å². The van der Waals surface area contributed by atoms with Gasteiger partial charge in [0.1, 0.15) is 11.8 Å². The SMILES string of the molecule is CC(Oc1ncc(Br)cc1NS(=O)(=O)CCN1C(=O)c2ccccc2C1=O)C(C)(C)C. The fourth-order valence-corrected chi connectivity index (χ4v) is 4.15. The number of anilines is 1. The first-order valence-electron chi connectivity index (χ1n) is 9.67. The lowest BCUT2D eigenvalue weighted by molar-refractivity contribution is 0.0664. The van der Waals surface area contributed by atoms with Crippen molar-refractivity contribution in [2.75, 3.05) is 17.0 Å². The van der Waals surface area contributed by atoms with Gasteiger partial charge in [0.05, 0.1) is 16.9 Å². The predicted octanol–water partition coefficient (Wildman–Crippen LogP) is 3.70. The minimum Gasteiger partial charge on any atom is -0.473 e. The Morgan fingerprint density at radius 1 is 1.16 bits per heavy atom. The van der Waals surface area contributed by atoms with Crippen molar-refractivity contribution in [1.29, 1.82) is 0 Å². The van der Waals surface area contributed by atoms with Crippen LogP contribution in [0.25, 0.3) is 0 Å². The summed E-state index contributed by atoms with van der Waals surface area (Å²) < 4.78 is 34.4. The van der Waals surface area contributed by atoms with Crippen LogP contribution in [0.2, 0.25) is 0 Å². The number of ether oxygens (including phenoxy) is 1. The Bertz CT molecular complexity index is 1090. The quantitative estimate of drug-likeness (QED) is 0.570. The third-order valence-corrected chi connectivity index (χ3v) is 6.74. The molecule has 0 saturated carbocycles. The van der Waals surface area contributed by atoms with Crippen molar-refractivity contribution in [1.82, 2.24) is 9.88 Å². The van der Waals surface area contributed by atoms with Crippen LogP contribution in [0.15, 0.2) is 41.0 Å². The van der Waals surface area contributed by atoms with Crippen LogP contribution in [-0.2, 0) is 10.0 Å². The molecule has 31 heavy (non-hydrogen) atoms. The Hall–Kier alpha value is -2.46. The summed E-state index contributed by atoms with van der Waals surface area (Å²) in [6, 6.07) is 7.97. The fourth-order valence-electron chi connectivity index (χ4n) is 2.81. The number of aromatic nitrogens is 1. The molecular formula is C21H24BrN3O5S. The van der Waals surface area contributed by atoms with Gasteiger partial charge in [0.15, 0.2) is 0 Å². The van der Waals surface area contributed by atoms with Crippen LogP contribution < -0.4 is 9.46 Å². The number of rotatable bonds is 7. The second-order valence-corrected chi connectivity index (χ2v) is 11.1. The number of nitrogens with one attached hydrogen (secondary N) is 1. The zero-order chi connectivity index (χ0) is 23.0. The van der Waals surface area contributed by atoms with Gasteiger partial charge in [0.25, 0.3) is 11.8 Å². The Balaban J connectivity index is 1.74. The molecule has 0 spiro atoms. The number of hydrogen-bond acceptors (Lipinski definition) is 6. The highest BCUT2D eigenvalue weighted by Crippen LogP contribution is 2.31. The molecular weight excluding hydrogens is 486 g/mol. The summed E-state index contributed by atoms with van der Waals surface area (Å²) in [7, 11) is -3.90. The lowest BCUT2D eigenvalue weighted by Gasteiger charge is -2.28. The number of fused-ring (bicyclic) bond motifs is 1.